The van der Waals surface area contributed by atoms with E-state index in [-0.39, 0.29) is 24.1 Å². The molecule has 0 rings (SSSR count). The third kappa shape index (κ3) is 16.9. The van der Waals surface area contributed by atoms with Gasteiger partial charge < -0.3 is 13.3 Å². The van der Waals surface area contributed by atoms with E-state index in [0.29, 0.717) is 6.42 Å². The summed E-state index contributed by atoms with van der Waals surface area (Å²) in [6.45, 7) is 69.8. The van der Waals surface area contributed by atoms with Gasteiger partial charge in [0.1, 0.15) is 5.78 Å². The first-order valence-electron chi connectivity index (χ1n) is 26.8. The Balaban J connectivity index is 8.07. The average Bonchev–Trinajstić information content (AvgIpc) is 3.01. The molecule has 0 aliphatic heterocycles. The lowest BCUT2D eigenvalue weighted by Gasteiger charge is -2.59. The zero-order chi connectivity index (χ0) is 51.0. The van der Waals surface area contributed by atoms with Crippen molar-refractivity contribution in [2.45, 2.75) is 305 Å². The van der Waals surface area contributed by atoms with Crippen molar-refractivity contribution in [2.24, 2.45) is 0 Å². The van der Waals surface area contributed by atoms with Gasteiger partial charge in [0.05, 0.1) is 74.4 Å². The number of carbonyl (C=O) groups is 1. The molecule has 384 valence electrons. The minimum Gasteiger partial charge on any atom is -0.423 e. The molecule has 0 N–H and O–H groups in total. The topological polar surface area (TPSA) is 44.8 Å². The van der Waals surface area contributed by atoms with Crippen LogP contribution in [0.3, 0.4) is 0 Å². The molecule has 4 nitrogen and oxygen atoms in total. The highest BCUT2D eigenvalue weighted by Gasteiger charge is 2.68. The van der Waals surface area contributed by atoms with Crippen LogP contribution in [0, 0.1) is 0 Å². The number of hydrogen-bond acceptors (Lipinski definition) is 4. The Morgan fingerprint density at radius 1 is 0.328 bits per heavy atom. The van der Waals surface area contributed by atoms with Crippen LogP contribution in [0.1, 0.15) is 110 Å². The van der Waals surface area contributed by atoms with Gasteiger partial charge in [-0.15, -0.1) is 0 Å². The Bertz CT molecular complexity index is 1270. The van der Waals surface area contributed by atoms with E-state index < -0.39 is 88.9 Å². The van der Waals surface area contributed by atoms with Crippen molar-refractivity contribution in [3.05, 3.63) is 0 Å². The van der Waals surface area contributed by atoms with Gasteiger partial charge in [-0.25, -0.2) is 0 Å². The minimum atomic E-state index is -2.25. The highest BCUT2D eigenvalue weighted by molar-refractivity contribution is 7.88. The van der Waals surface area contributed by atoms with E-state index in [0.717, 1.165) is 19.3 Å². The highest BCUT2D eigenvalue weighted by Crippen LogP contribution is 2.45. The van der Waals surface area contributed by atoms with Crippen molar-refractivity contribution >= 4 is 94.7 Å². The summed E-state index contributed by atoms with van der Waals surface area (Å²) in [5.41, 5.74) is 0. The molecule has 0 saturated carbocycles. The Hall–Kier alpha value is 2.15. The number of Topliss-reactive ketones (excluding diaryl/α,β-unsaturated/α-hetero) is 1. The molecule has 0 fully saturated rings. The summed E-state index contributed by atoms with van der Waals surface area (Å²) in [4.78, 5) is 13.7. The van der Waals surface area contributed by atoms with Crippen LogP contribution in [-0.4, -0.2) is 113 Å². The Morgan fingerprint density at radius 2 is 0.547 bits per heavy atom. The van der Waals surface area contributed by atoms with Crippen LogP contribution in [0.2, 0.25) is 177 Å². The predicted octanol–water partition coefficient (Wildman–Crippen LogP) is 17.2. The fraction of sp³-hybridized carbons (Fsp3) is 0.979. The van der Waals surface area contributed by atoms with E-state index in [1.54, 1.807) is 0 Å². The van der Waals surface area contributed by atoms with Gasteiger partial charge in [-0.05, 0) is 26.2 Å². The first-order chi connectivity index (χ1) is 28.3. The van der Waals surface area contributed by atoms with E-state index in [9.17, 15) is 4.79 Å². The quantitative estimate of drug-likeness (QED) is 0.0485. The Morgan fingerprint density at radius 3 is 0.797 bits per heavy atom. The van der Waals surface area contributed by atoms with Crippen molar-refractivity contribution < 1.29 is 18.1 Å². The summed E-state index contributed by atoms with van der Waals surface area (Å²) in [5.74, 6) is 0.286. The van der Waals surface area contributed by atoms with Crippen molar-refractivity contribution in [1.82, 2.24) is 0 Å². The molecule has 0 unspecified atom stereocenters. The summed E-state index contributed by atoms with van der Waals surface area (Å²) in [6, 6.07) is 0. The maximum atomic E-state index is 13.7. The molecule has 16 heteroatoms. The van der Waals surface area contributed by atoms with Crippen molar-refractivity contribution in [2.75, 3.05) is 0 Å². The fourth-order valence-corrected chi connectivity index (χ4v) is 299. The largest absolute Gasteiger partial charge is 0.423 e. The minimum absolute atomic E-state index is 0.0621. The smallest absolute Gasteiger partial charge is 0.158 e. The first kappa shape index (κ1) is 66.2. The summed E-state index contributed by atoms with van der Waals surface area (Å²) < 4.78 is 25.3. The molecule has 0 saturated heterocycles. The van der Waals surface area contributed by atoms with Gasteiger partial charge in [0, 0.05) is 18.6 Å². The highest BCUT2D eigenvalue weighted by atomic mass is 29.9. The summed E-state index contributed by atoms with van der Waals surface area (Å²) in [6.07, 6.45) is 18.8. The third-order valence-electron chi connectivity index (χ3n) is 15.2. The summed E-state index contributed by atoms with van der Waals surface area (Å²) >= 11 is 0. The molecule has 0 aromatic heterocycles. The van der Waals surface area contributed by atoms with Crippen LogP contribution in [0.5, 0.6) is 0 Å². The average molecular weight is 1100 g/mol. The lowest BCUT2D eigenvalue weighted by atomic mass is 9.99. The second-order valence-corrected chi connectivity index (χ2v) is 149. The van der Waals surface area contributed by atoms with Crippen LogP contribution in [-0.2, 0) is 18.1 Å². The molecule has 0 spiro atoms. The van der Waals surface area contributed by atoms with Crippen molar-refractivity contribution in [3.63, 3.8) is 0 Å². The number of unbranched alkanes of at least 4 members (excludes halogenated alkanes) is 10. The second kappa shape index (κ2) is 24.7. The fourth-order valence-electron chi connectivity index (χ4n) is 16.0. The normalized spacial score (nSPS) is 16.6. The lowest BCUT2D eigenvalue weighted by Crippen LogP contribution is -2.85. The van der Waals surface area contributed by atoms with Gasteiger partial charge >= 0.3 is 0 Å². The molecule has 64 heavy (non-hydrogen) atoms. The van der Waals surface area contributed by atoms with Crippen LogP contribution in [0.15, 0.2) is 0 Å². The summed E-state index contributed by atoms with van der Waals surface area (Å²) in [5, 5.41) is 0. The molecule has 0 radical (unpaired) electrons. The number of hydrogen-bond donors (Lipinski definition) is 0. The van der Waals surface area contributed by atoms with Gasteiger partial charge in [-0.1, -0.05) is 254 Å². The van der Waals surface area contributed by atoms with Crippen LogP contribution in [0.25, 0.3) is 0 Å². The Labute approximate surface area is 414 Å². The maximum Gasteiger partial charge on any atom is 0.158 e. The number of rotatable bonds is 33. The Kier molecular flexibility index (Phi) is 25.5. The molecule has 3 atom stereocenters. The third-order valence-corrected chi connectivity index (χ3v) is 218. The molecule has 0 bridgehead atoms. The van der Waals surface area contributed by atoms with Gasteiger partial charge in [-0.2, -0.15) is 0 Å². The van der Waals surface area contributed by atoms with Crippen LogP contribution < -0.4 is 0 Å². The monoisotopic (exact) mass is 1100 g/mol. The molecule has 0 aliphatic carbocycles. The van der Waals surface area contributed by atoms with E-state index in [1.165, 1.54) is 70.6 Å². The molecule has 0 aliphatic rings. The van der Waals surface area contributed by atoms with E-state index >= 15 is 0 Å². The maximum absolute atomic E-state index is 13.7. The second-order valence-electron chi connectivity index (χ2n) is 30.2. The van der Waals surface area contributed by atoms with Gasteiger partial charge in [0.15, 0.2) is 20.6 Å². The van der Waals surface area contributed by atoms with Gasteiger partial charge in [0.25, 0.3) is 0 Å². The van der Waals surface area contributed by atoms with Gasteiger partial charge in [-0.3, -0.25) is 4.79 Å². The molecule has 0 aromatic carbocycles. The molecule has 0 heterocycles. The predicted molar refractivity (Wildman–Crippen MR) is 328 cm³/mol. The number of carbonyl (C=O) groups excluding carboxylic acids is 1. The SMILES string of the molecule is CCCCCCCCCCCCC[C@@H](C[C@@H](C[C@@H](CC(C)=O)O[Si]([Si](C)(C)C)([Si](C)(C)C)[Si](C)(C)C)O[Si]([Si](C)(C)C)([Si](C)(C)C)[Si](C)(C)C)O[Si]([Si](C)(C)C)([Si](C)(C)C)[Si](C)(C)C. The first-order valence-corrected chi connectivity index (χ1v) is 73.0. The number of ketones is 1. The van der Waals surface area contributed by atoms with E-state index in [1.807, 2.05) is 6.92 Å². The van der Waals surface area contributed by atoms with E-state index in [4.69, 9.17) is 13.3 Å². The lowest BCUT2D eigenvalue weighted by molar-refractivity contribution is -0.118. The zero-order valence-electron chi connectivity index (χ0n) is 49.5. The molecule has 0 aromatic rings. The van der Waals surface area contributed by atoms with Crippen molar-refractivity contribution in [1.29, 1.82) is 0 Å². The van der Waals surface area contributed by atoms with Gasteiger partial charge in [0.2, 0.25) is 0 Å². The molecular formula is C48H120O4Si12. The van der Waals surface area contributed by atoms with E-state index in [2.05, 4.69) is 184 Å². The van der Waals surface area contributed by atoms with Crippen LogP contribution in [0.4, 0.5) is 0 Å². The summed E-state index contributed by atoms with van der Waals surface area (Å²) in [7, 11) is -15.8. The molecule has 0 amide bonds. The van der Waals surface area contributed by atoms with Crippen LogP contribution >= 0.6 is 0 Å². The standard InChI is InChI=1S/C48H120O4Si12/c1-30-31-32-33-34-35-36-37-38-39-40-41-46(50-62(53(3,4)5,54(6,7)8)55(9,10)11)43-48(52-64(59(21,22)23,60(24,25)26)61(27,28)29)44-47(42-45(2)49)51-63(56(12,13)14,57(15,16)17)58(18,19)20/h46-48H,30-44H2,1-29H3/t46-,47+,48-/m0/s1. The van der Waals surface area contributed by atoms with Crippen molar-refractivity contribution in [3.8, 4) is 0 Å². The zero-order valence-corrected chi connectivity index (χ0v) is 61.5. The molecular weight excluding hydrogens is 978 g/mol.